The van der Waals surface area contributed by atoms with Crippen molar-refractivity contribution in [2.45, 2.75) is 52.5 Å². The summed E-state index contributed by atoms with van der Waals surface area (Å²) in [6, 6.07) is 0.105. The molecule has 0 spiro atoms. The molecule has 122 valence electrons. The molecule has 0 aromatic heterocycles. The predicted molar refractivity (Wildman–Crippen MR) is 86.8 cm³/mol. The van der Waals surface area contributed by atoms with Gasteiger partial charge in [0.1, 0.15) is 0 Å². The minimum Gasteiger partial charge on any atom is -0.481 e. The van der Waals surface area contributed by atoms with Crippen molar-refractivity contribution >= 4 is 23.8 Å². The number of nitrogens with zero attached hydrogens (tertiary/aromatic N) is 1. The summed E-state index contributed by atoms with van der Waals surface area (Å²) in [5, 5.41) is 12.4. The van der Waals surface area contributed by atoms with Crippen molar-refractivity contribution in [3.05, 3.63) is 0 Å². The molecule has 2 N–H and O–H groups in total. The third kappa shape index (κ3) is 5.09. The Morgan fingerprint density at radius 3 is 2.43 bits per heavy atom. The van der Waals surface area contributed by atoms with Crippen molar-refractivity contribution in [2.24, 2.45) is 5.41 Å². The summed E-state index contributed by atoms with van der Waals surface area (Å²) in [7, 11) is 0. The number of amides is 2. The molecule has 1 atom stereocenters. The number of hydrogen-bond acceptors (Lipinski definition) is 3. The maximum Gasteiger partial charge on any atom is 0.317 e. The Bertz CT molecular complexity index is 355. The van der Waals surface area contributed by atoms with Gasteiger partial charge in [-0.15, -0.1) is 0 Å². The normalized spacial score (nSPS) is 19.1. The Hall–Kier alpha value is -0.910. The standard InChI is InChI=1S/C15H28N2O3S/c1-4-15(13(18)19)7-9-17(10-8-15)14(20)16-12(3)6-11-21-5-2/h12H,4-11H2,1-3H3,(H,16,20)(H,18,19). The Morgan fingerprint density at radius 1 is 1.33 bits per heavy atom. The number of carbonyl (C=O) groups excluding carboxylic acids is 1. The van der Waals surface area contributed by atoms with E-state index in [1.807, 2.05) is 25.6 Å². The van der Waals surface area contributed by atoms with Gasteiger partial charge in [-0.2, -0.15) is 11.8 Å². The number of carbonyl (C=O) groups is 2. The first kappa shape index (κ1) is 18.1. The van der Waals surface area contributed by atoms with Crippen LogP contribution in [-0.4, -0.2) is 52.6 Å². The van der Waals surface area contributed by atoms with E-state index in [2.05, 4.69) is 12.2 Å². The molecule has 2 amide bonds. The summed E-state index contributed by atoms with van der Waals surface area (Å²) >= 11 is 1.87. The predicted octanol–water partition coefficient (Wildman–Crippen LogP) is 2.80. The average molecular weight is 316 g/mol. The van der Waals surface area contributed by atoms with Crippen LogP contribution in [0, 0.1) is 5.41 Å². The van der Waals surface area contributed by atoms with Crippen LogP contribution in [0.5, 0.6) is 0 Å². The Morgan fingerprint density at radius 2 is 1.95 bits per heavy atom. The number of nitrogens with one attached hydrogen (secondary N) is 1. The molecule has 0 bridgehead atoms. The Balaban J connectivity index is 2.39. The molecule has 1 unspecified atom stereocenters. The number of aliphatic carboxylic acids is 1. The third-order valence-corrected chi connectivity index (χ3v) is 5.34. The van der Waals surface area contributed by atoms with Crippen LogP contribution in [0.1, 0.15) is 46.5 Å². The molecular formula is C15H28N2O3S. The summed E-state index contributed by atoms with van der Waals surface area (Å²) in [5.41, 5.74) is -0.639. The molecule has 6 heteroatoms. The van der Waals surface area contributed by atoms with E-state index in [0.29, 0.717) is 32.4 Å². The molecule has 0 aromatic carbocycles. The lowest BCUT2D eigenvalue weighted by Gasteiger charge is -2.38. The molecule has 0 radical (unpaired) electrons. The van der Waals surface area contributed by atoms with E-state index < -0.39 is 11.4 Å². The Labute approximate surface area is 131 Å². The summed E-state index contributed by atoms with van der Waals surface area (Å²) in [4.78, 5) is 25.3. The van der Waals surface area contributed by atoms with Crippen molar-refractivity contribution in [3.63, 3.8) is 0 Å². The van der Waals surface area contributed by atoms with Gasteiger partial charge >= 0.3 is 12.0 Å². The SMILES string of the molecule is CCSCCC(C)NC(=O)N1CCC(CC)(C(=O)O)CC1. The molecule has 0 aromatic rings. The van der Waals surface area contributed by atoms with E-state index in [4.69, 9.17) is 0 Å². The van der Waals surface area contributed by atoms with E-state index >= 15 is 0 Å². The van der Waals surface area contributed by atoms with E-state index in [1.54, 1.807) is 4.90 Å². The smallest absolute Gasteiger partial charge is 0.317 e. The lowest BCUT2D eigenvalue weighted by atomic mass is 9.76. The average Bonchev–Trinajstić information content (AvgIpc) is 2.47. The van der Waals surface area contributed by atoms with Gasteiger partial charge in [0.15, 0.2) is 0 Å². The second kappa shape index (κ2) is 8.51. The van der Waals surface area contributed by atoms with Gasteiger partial charge in [-0.1, -0.05) is 13.8 Å². The highest BCUT2D eigenvalue weighted by atomic mass is 32.2. The van der Waals surface area contributed by atoms with Crippen LogP contribution in [0.15, 0.2) is 0 Å². The fraction of sp³-hybridized carbons (Fsp3) is 0.867. The first-order valence-electron chi connectivity index (χ1n) is 7.81. The minimum absolute atomic E-state index is 0.0564. The van der Waals surface area contributed by atoms with Crippen LogP contribution < -0.4 is 5.32 Å². The molecule has 1 fully saturated rings. The van der Waals surface area contributed by atoms with Gasteiger partial charge in [-0.05, 0) is 44.1 Å². The molecule has 5 nitrogen and oxygen atoms in total. The van der Waals surface area contributed by atoms with Crippen LogP contribution in [0.2, 0.25) is 0 Å². The van der Waals surface area contributed by atoms with Crippen molar-refractivity contribution in [3.8, 4) is 0 Å². The summed E-state index contributed by atoms with van der Waals surface area (Å²) in [6.07, 6.45) is 2.69. The van der Waals surface area contributed by atoms with Crippen molar-refractivity contribution < 1.29 is 14.7 Å². The summed E-state index contributed by atoms with van der Waals surface area (Å²) < 4.78 is 0. The van der Waals surface area contributed by atoms with E-state index in [-0.39, 0.29) is 12.1 Å². The molecule has 21 heavy (non-hydrogen) atoms. The third-order valence-electron chi connectivity index (χ3n) is 4.41. The van der Waals surface area contributed by atoms with Gasteiger partial charge in [0, 0.05) is 19.1 Å². The van der Waals surface area contributed by atoms with Gasteiger partial charge in [-0.25, -0.2) is 4.79 Å². The van der Waals surface area contributed by atoms with E-state index in [9.17, 15) is 14.7 Å². The lowest BCUT2D eigenvalue weighted by molar-refractivity contribution is -0.151. The molecule has 1 aliphatic rings. The van der Waals surface area contributed by atoms with E-state index in [0.717, 1.165) is 17.9 Å². The maximum absolute atomic E-state index is 12.2. The highest BCUT2D eigenvalue weighted by molar-refractivity contribution is 7.99. The molecule has 1 heterocycles. The fourth-order valence-electron chi connectivity index (χ4n) is 2.64. The van der Waals surface area contributed by atoms with E-state index in [1.165, 1.54) is 0 Å². The lowest BCUT2D eigenvalue weighted by Crippen LogP contribution is -2.51. The van der Waals surface area contributed by atoms with Crippen LogP contribution in [0.3, 0.4) is 0 Å². The topological polar surface area (TPSA) is 69.6 Å². The number of rotatable bonds is 7. The number of carboxylic acid groups (broad SMARTS) is 1. The summed E-state index contributed by atoms with van der Waals surface area (Å²) in [6.45, 7) is 7.12. The second-order valence-electron chi connectivity index (χ2n) is 5.76. The van der Waals surface area contributed by atoms with Crippen LogP contribution in [0.4, 0.5) is 4.79 Å². The first-order chi connectivity index (χ1) is 9.95. The number of thioether (sulfide) groups is 1. The zero-order chi connectivity index (χ0) is 15.9. The van der Waals surface area contributed by atoms with Gasteiger partial charge < -0.3 is 15.3 Å². The zero-order valence-electron chi connectivity index (χ0n) is 13.4. The molecule has 0 saturated carbocycles. The Kier molecular flexibility index (Phi) is 7.35. The van der Waals surface area contributed by atoms with Gasteiger partial charge in [-0.3, -0.25) is 4.79 Å². The maximum atomic E-state index is 12.2. The van der Waals surface area contributed by atoms with Crippen molar-refractivity contribution in [1.29, 1.82) is 0 Å². The van der Waals surface area contributed by atoms with Crippen LogP contribution >= 0.6 is 11.8 Å². The second-order valence-corrected chi connectivity index (χ2v) is 7.16. The van der Waals surface area contributed by atoms with Gasteiger partial charge in [0.2, 0.25) is 0 Å². The monoisotopic (exact) mass is 316 g/mol. The largest absolute Gasteiger partial charge is 0.481 e. The molecule has 1 rings (SSSR count). The number of hydrogen-bond donors (Lipinski definition) is 2. The molecule has 1 saturated heterocycles. The van der Waals surface area contributed by atoms with Crippen LogP contribution in [-0.2, 0) is 4.79 Å². The highest BCUT2D eigenvalue weighted by Gasteiger charge is 2.40. The number of likely N-dealkylation sites (tertiary alicyclic amines) is 1. The van der Waals surface area contributed by atoms with Crippen molar-refractivity contribution in [2.75, 3.05) is 24.6 Å². The quantitative estimate of drug-likeness (QED) is 0.709. The van der Waals surface area contributed by atoms with Crippen LogP contribution in [0.25, 0.3) is 0 Å². The number of urea groups is 1. The highest BCUT2D eigenvalue weighted by Crippen LogP contribution is 2.35. The van der Waals surface area contributed by atoms with Crippen molar-refractivity contribution in [1.82, 2.24) is 10.2 Å². The minimum atomic E-state index is -0.727. The molecule has 0 aliphatic carbocycles. The molecule has 1 aliphatic heterocycles. The molecular weight excluding hydrogens is 288 g/mol. The number of piperidine rings is 1. The van der Waals surface area contributed by atoms with Gasteiger partial charge in [0.05, 0.1) is 5.41 Å². The van der Waals surface area contributed by atoms with Gasteiger partial charge in [0.25, 0.3) is 0 Å². The first-order valence-corrected chi connectivity index (χ1v) is 8.97. The summed E-state index contributed by atoms with van der Waals surface area (Å²) in [5.74, 6) is 1.42. The zero-order valence-corrected chi connectivity index (χ0v) is 14.2. The fourth-order valence-corrected chi connectivity index (χ4v) is 3.44. The number of carboxylic acids is 1.